The molecule has 5 heteroatoms. The minimum Gasteiger partial charge on any atom is -0.548 e. The van der Waals surface area contributed by atoms with Gasteiger partial charge in [0.15, 0.2) is 6.04 Å². The summed E-state index contributed by atoms with van der Waals surface area (Å²) in [4.78, 5) is 21.1. The Hall–Kier alpha value is -1.10. The van der Waals surface area contributed by atoms with Gasteiger partial charge in [0.05, 0.1) is 19.1 Å². The number of carboxylic acid groups (broad SMARTS) is 1. The molecule has 1 saturated heterocycles. The van der Waals surface area contributed by atoms with E-state index in [1.807, 2.05) is 5.32 Å². The van der Waals surface area contributed by atoms with Crippen molar-refractivity contribution in [3.63, 3.8) is 0 Å². The number of rotatable bonds is 3. The molecule has 0 aromatic heterocycles. The van der Waals surface area contributed by atoms with Gasteiger partial charge in [-0.2, -0.15) is 0 Å². The second kappa shape index (κ2) is 4.06. The highest BCUT2D eigenvalue weighted by Gasteiger charge is 2.25. The third-order valence-electron chi connectivity index (χ3n) is 1.91. The highest BCUT2D eigenvalue weighted by molar-refractivity contribution is 5.83. The number of nitrogens with one attached hydrogen (secondary N) is 1. The first-order valence-corrected chi connectivity index (χ1v) is 4.01. The lowest BCUT2D eigenvalue weighted by atomic mass is 10.2. The maximum Gasteiger partial charge on any atom is 0.278 e. The summed E-state index contributed by atoms with van der Waals surface area (Å²) in [5.41, 5.74) is 0. The van der Waals surface area contributed by atoms with E-state index in [1.165, 1.54) is 0 Å². The van der Waals surface area contributed by atoms with Crippen molar-refractivity contribution in [2.75, 3.05) is 13.1 Å². The number of nitrogens with two attached hydrogens (primary N) is 1. The van der Waals surface area contributed by atoms with Crippen molar-refractivity contribution in [2.24, 2.45) is 0 Å². The monoisotopic (exact) mass is 172 g/mol. The van der Waals surface area contributed by atoms with Gasteiger partial charge in [0.25, 0.3) is 5.91 Å². The zero-order valence-electron chi connectivity index (χ0n) is 6.71. The van der Waals surface area contributed by atoms with E-state index < -0.39 is 5.97 Å². The number of hydrogen-bond donors (Lipinski definition) is 2. The second-order valence-electron chi connectivity index (χ2n) is 2.86. The zero-order chi connectivity index (χ0) is 8.97. The number of carboxylic acids is 1. The summed E-state index contributed by atoms with van der Waals surface area (Å²) in [5.74, 6) is -1.45. The largest absolute Gasteiger partial charge is 0.548 e. The van der Waals surface area contributed by atoms with E-state index in [1.54, 1.807) is 0 Å². The molecule has 0 radical (unpaired) electrons. The van der Waals surface area contributed by atoms with Crippen LogP contribution in [0.15, 0.2) is 0 Å². The molecular formula is C7H12N2O3. The highest BCUT2D eigenvalue weighted by Crippen LogP contribution is 1.96. The van der Waals surface area contributed by atoms with Gasteiger partial charge in [-0.3, -0.25) is 4.79 Å². The highest BCUT2D eigenvalue weighted by atomic mass is 16.4. The van der Waals surface area contributed by atoms with Gasteiger partial charge in [-0.25, -0.2) is 0 Å². The minimum absolute atomic E-state index is 0.0932. The van der Waals surface area contributed by atoms with Crippen LogP contribution in [0, 0.1) is 0 Å². The first kappa shape index (κ1) is 8.99. The summed E-state index contributed by atoms with van der Waals surface area (Å²) in [6.45, 7) is 0.562. The lowest BCUT2D eigenvalue weighted by Crippen LogP contribution is -2.89. The fourth-order valence-electron chi connectivity index (χ4n) is 1.30. The van der Waals surface area contributed by atoms with Gasteiger partial charge in [0.1, 0.15) is 0 Å². The molecule has 1 rings (SSSR count). The van der Waals surface area contributed by atoms with Crippen LogP contribution in [0.4, 0.5) is 0 Å². The Kier molecular flexibility index (Phi) is 3.04. The number of quaternary nitrogens is 1. The summed E-state index contributed by atoms with van der Waals surface area (Å²) in [7, 11) is 0. The van der Waals surface area contributed by atoms with Gasteiger partial charge in [0, 0.05) is 12.8 Å². The smallest absolute Gasteiger partial charge is 0.278 e. The first-order valence-electron chi connectivity index (χ1n) is 4.01. The molecule has 1 atom stereocenters. The predicted octanol–water partition coefficient (Wildman–Crippen LogP) is -3.42. The molecule has 0 unspecified atom stereocenters. The third kappa shape index (κ3) is 2.50. The molecular weight excluding hydrogens is 160 g/mol. The SMILES string of the molecule is O=C([O-])CNC(=O)[C@H]1CCC[NH2+]1. The molecule has 0 aliphatic carbocycles. The summed E-state index contributed by atoms with van der Waals surface area (Å²) < 4.78 is 0. The molecule has 0 aromatic carbocycles. The Morgan fingerprint density at radius 1 is 1.58 bits per heavy atom. The lowest BCUT2D eigenvalue weighted by molar-refractivity contribution is -0.657. The van der Waals surface area contributed by atoms with Crippen LogP contribution in [-0.4, -0.2) is 31.0 Å². The van der Waals surface area contributed by atoms with Crippen LogP contribution in [0.2, 0.25) is 0 Å². The van der Waals surface area contributed by atoms with Crippen molar-refractivity contribution < 1.29 is 20.0 Å². The van der Waals surface area contributed by atoms with E-state index in [0.29, 0.717) is 0 Å². The van der Waals surface area contributed by atoms with Gasteiger partial charge < -0.3 is 20.5 Å². The summed E-state index contributed by atoms with van der Waals surface area (Å²) >= 11 is 0. The molecule has 3 N–H and O–H groups in total. The van der Waals surface area contributed by atoms with E-state index in [0.717, 1.165) is 19.4 Å². The Balaban J connectivity index is 2.23. The summed E-state index contributed by atoms with van der Waals surface area (Å²) in [6.07, 6.45) is 1.85. The van der Waals surface area contributed by atoms with Crippen LogP contribution < -0.4 is 15.7 Å². The Morgan fingerprint density at radius 3 is 2.83 bits per heavy atom. The van der Waals surface area contributed by atoms with E-state index in [2.05, 4.69) is 5.32 Å². The number of amides is 1. The molecule has 1 amide bonds. The molecule has 1 aliphatic rings. The van der Waals surface area contributed by atoms with Crippen LogP contribution in [0.5, 0.6) is 0 Å². The molecule has 0 bridgehead atoms. The lowest BCUT2D eigenvalue weighted by Gasteiger charge is -2.08. The molecule has 12 heavy (non-hydrogen) atoms. The van der Waals surface area contributed by atoms with Gasteiger partial charge in [-0.1, -0.05) is 0 Å². The molecule has 1 aliphatic heterocycles. The second-order valence-corrected chi connectivity index (χ2v) is 2.86. The fraction of sp³-hybridized carbons (Fsp3) is 0.714. The maximum atomic E-state index is 11.1. The Bertz CT molecular complexity index is 187. The third-order valence-corrected chi connectivity index (χ3v) is 1.91. The number of hydrogen-bond acceptors (Lipinski definition) is 3. The van der Waals surface area contributed by atoms with Crippen molar-refractivity contribution in [1.29, 1.82) is 0 Å². The van der Waals surface area contributed by atoms with Crippen LogP contribution >= 0.6 is 0 Å². The molecule has 1 fully saturated rings. The molecule has 5 nitrogen and oxygen atoms in total. The van der Waals surface area contributed by atoms with Gasteiger partial charge in [0.2, 0.25) is 0 Å². The van der Waals surface area contributed by atoms with E-state index in [4.69, 9.17) is 0 Å². The minimum atomic E-state index is -1.25. The molecule has 1 heterocycles. The zero-order valence-corrected chi connectivity index (χ0v) is 6.71. The van der Waals surface area contributed by atoms with Gasteiger partial charge in [-0.15, -0.1) is 0 Å². The molecule has 0 saturated carbocycles. The van der Waals surface area contributed by atoms with Crippen molar-refractivity contribution in [1.82, 2.24) is 5.32 Å². The van der Waals surface area contributed by atoms with Crippen LogP contribution in [0.25, 0.3) is 0 Å². The van der Waals surface area contributed by atoms with E-state index in [-0.39, 0.29) is 18.5 Å². The molecule has 0 aromatic rings. The van der Waals surface area contributed by atoms with Crippen LogP contribution in [0.1, 0.15) is 12.8 Å². The molecule has 0 spiro atoms. The summed E-state index contributed by atoms with van der Waals surface area (Å²) in [5, 5.41) is 14.2. The number of carbonyl (C=O) groups is 2. The first-order chi connectivity index (χ1) is 5.70. The topological polar surface area (TPSA) is 85.8 Å². The summed E-state index contributed by atoms with van der Waals surface area (Å²) in [6, 6.07) is -0.0932. The van der Waals surface area contributed by atoms with E-state index in [9.17, 15) is 14.7 Å². The van der Waals surface area contributed by atoms with Crippen LogP contribution in [-0.2, 0) is 9.59 Å². The Morgan fingerprint density at radius 2 is 2.33 bits per heavy atom. The van der Waals surface area contributed by atoms with E-state index >= 15 is 0 Å². The van der Waals surface area contributed by atoms with Gasteiger partial charge in [-0.05, 0) is 0 Å². The molecule has 68 valence electrons. The van der Waals surface area contributed by atoms with Crippen LogP contribution in [0.3, 0.4) is 0 Å². The van der Waals surface area contributed by atoms with Crippen molar-refractivity contribution in [2.45, 2.75) is 18.9 Å². The number of aliphatic carboxylic acids is 1. The van der Waals surface area contributed by atoms with Crippen molar-refractivity contribution >= 4 is 11.9 Å². The Labute approximate surface area is 70.1 Å². The van der Waals surface area contributed by atoms with Crippen molar-refractivity contribution in [3.8, 4) is 0 Å². The average Bonchev–Trinajstić information content (AvgIpc) is 2.51. The maximum absolute atomic E-state index is 11.1. The average molecular weight is 172 g/mol. The van der Waals surface area contributed by atoms with Gasteiger partial charge >= 0.3 is 0 Å². The fourth-order valence-corrected chi connectivity index (χ4v) is 1.30. The quantitative estimate of drug-likeness (QED) is 0.465. The number of carbonyl (C=O) groups excluding carboxylic acids is 2. The normalized spacial score (nSPS) is 22.2. The standard InChI is InChI=1S/C7H12N2O3/c10-6(11)4-9-7(12)5-2-1-3-8-5/h5,8H,1-4H2,(H,9,12)(H,10,11)/t5-/m1/s1. The van der Waals surface area contributed by atoms with Crippen molar-refractivity contribution in [3.05, 3.63) is 0 Å². The predicted molar refractivity (Wildman–Crippen MR) is 37.8 cm³/mol.